The molecule has 3 aromatic rings. The maximum Gasteiger partial charge on any atom is 0.310 e. The Hall–Kier alpha value is -3.68. The van der Waals surface area contributed by atoms with Crippen molar-refractivity contribution in [2.24, 2.45) is 5.92 Å². The van der Waals surface area contributed by atoms with E-state index in [9.17, 15) is 4.79 Å². The van der Waals surface area contributed by atoms with E-state index in [1.807, 2.05) is 47.4 Å². The molecule has 2 N–H and O–H groups in total. The van der Waals surface area contributed by atoms with Crippen LogP contribution in [0.15, 0.2) is 61.1 Å². The molecule has 0 amide bonds. The van der Waals surface area contributed by atoms with Gasteiger partial charge in [0.05, 0.1) is 5.92 Å². The van der Waals surface area contributed by atoms with Crippen LogP contribution in [0.1, 0.15) is 0 Å². The highest BCUT2D eigenvalue weighted by Gasteiger charge is 2.35. The first-order chi connectivity index (χ1) is 13.2. The first-order valence-electron chi connectivity index (χ1n) is 8.44. The zero-order chi connectivity index (χ0) is 18.6. The third kappa shape index (κ3) is 3.79. The molecular formula is C19H17N5O3. The highest BCUT2D eigenvalue weighted by atomic mass is 16.5. The maximum atomic E-state index is 11.0. The second-order valence-corrected chi connectivity index (χ2v) is 6.09. The molecule has 1 aliphatic heterocycles. The van der Waals surface area contributed by atoms with E-state index in [0.717, 1.165) is 11.5 Å². The third-order valence-corrected chi connectivity index (χ3v) is 4.18. The van der Waals surface area contributed by atoms with Gasteiger partial charge < -0.3 is 20.1 Å². The minimum atomic E-state index is -0.798. The van der Waals surface area contributed by atoms with Crippen LogP contribution in [0.4, 0.5) is 17.3 Å². The minimum Gasteiger partial charge on any atom is -0.481 e. The van der Waals surface area contributed by atoms with Gasteiger partial charge in [-0.3, -0.25) is 4.79 Å². The summed E-state index contributed by atoms with van der Waals surface area (Å²) in [7, 11) is 0. The van der Waals surface area contributed by atoms with Gasteiger partial charge in [-0.25, -0.2) is 15.0 Å². The van der Waals surface area contributed by atoms with E-state index in [1.165, 1.54) is 0 Å². The van der Waals surface area contributed by atoms with Crippen molar-refractivity contribution < 1.29 is 14.6 Å². The van der Waals surface area contributed by atoms with Crippen molar-refractivity contribution in [1.82, 2.24) is 15.0 Å². The van der Waals surface area contributed by atoms with Crippen LogP contribution in [0.5, 0.6) is 11.6 Å². The van der Waals surface area contributed by atoms with Crippen LogP contribution in [0.25, 0.3) is 0 Å². The van der Waals surface area contributed by atoms with Crippen molar-refractivity contribution in [3.8, 4) is 11.6 Å². The van der Waals surface area contributed by atoms with Gasteiger partial charge in [0.15, 0.2) is 5.82 Å². The third-order valence-electron chi connectivity index (χ3n) is 4.18. The molecule has 8 heteroatoms. The Kier molecular flexibility index (Phi) is 4.52. The molecule has 3 heterocycles. The summed E-state index contributed by atoms with van der Waals surface area (Å²) < 4.78 is 5.86. The fraction of sp³-hybridized carbons (Fsp3) is 0.158. The van der Waals surface area contributed by atoms with Crippen LogP contribution < -0.4 is 15.0 Å². The molecule has 8 nitrogen and oxygen atoms in total. The fourth-order valence-electron chi connectivity index (χ4n) is 2.72. The number of rotatable bonds is 6. The number of aromatic nitrogens is 3. The topological polar surface area (TPSA) is 100 Å². The zero-order valence-electron chi connectivity index (χ0n) is 14.3. The Labute approximate surface area is 155 Å². The van der Waals surface area contributed by atoms with Gasteiger partial charge in [0.25, 0.3) is 5.88 Å². The number of ether oxygens (including phenoxy) is 1. The largest absolute Gasteiger partial charge is 0.481 e. The number of carboxylic acid groups (broad SMARTS) is 1. The molecule has 4 rings (SSSR count). The van der Waals surface area contributed by atoms with Gasteiger partial charge in [-0.05, 0) is 36.4 Å². The molecule has 1 aromatic carbocycles. The monoisotopic (exact) mass is 363 g/mol. The molecule has 0 radical (unpaired) electrons. The Morgan fingerprint density at radius 1 is 1.04 bits per heavy atom. The van der Waals surface area contributed by atoms with Gasteiger partial charge in [-0.15, -0.1) is 0 Å². The molecular weight excluding hydrogens is 346 g/mol. The van der Waals surface area contributed by atoms with Gasteiger partial charge >= 0.3 is 5.97 Å². The number of pyridine rings is 1. The lowest BCUT2D eigenvalue weighted by atomic mass is 10.0. The Balaban J connectivity index is 1.44. The lowest BCUT2D eigenvalue weighted by Gasteiger charge is -2.37. The van der Waals surface area contributed by atoms with Crippen molar-refractivity contribution in [2.45, 2.75) is 0 Å². The van der Waals surface area contributed by atoms with Gasteiger partial charge in [0.2, 0.25) is 0 Å². The minimum absolute atomic E-state index is 0.353. The van der Waals surface area contributed by atoms with Crippen LogP contribution in [0.2, 0.25) is 0 Å². The number of nitrogens with one attached hydrogen (secondary N) is 1. The summed E-state index contributed by atoms with van der Waals surface area (Å²) in [4.78, 5) is 25.6. The lowest BCUT2D eigenvalue weighted by molar-refractivity contribution is -0.142. The number of carboxylic acids is 1. The van der Waals surface area contributed by atoms with Gasteiger partial charge in [0, 0.05) is 37.4 Å². The quantitative estimate of drug-likeness (QED) is 0.689. The van der Waals surface area contributed by atoms with Crippen LogP contribution in [-0.4, -0.2) is 39.1 Å². The number of benzene rings is 1. The first kappa shape index (κ1) is 16.8. The Morgan fingerprint density at radius 2 is 1.81 bits per heavy atom. The SMILES string of the molecule is O=C(O)C1CN(c2nccnc2Oc2ccc(Nc3ccccn3)cc2)C1. The molecule has 27 heavy (non-hydrogen) atoms. The van der Waals surface area contributed by atoms with Crippen molar-refractivity contribution in [1.29, 1.82) is 0 Å². The highest BCUT2D eigenvalue weighted by Crippen LogP contribution is 2.32. The number of nitrogens with zero attached hydrogens (tertiary/aromatic N) is 4. The van der Waals surface area contributed by atoms with Gasteiger partial charge in [-0.2, -0.15) is 0 Å². The summed E-state index contributed by atoms with van der Waals surface area (Å²) in [6.07, 6.45) is 4.83. The molecule has 0 saturated carbocycles. The second kappa shape index (κ2) is 7.28. The summed E-state index contributed by atoms with van der Waals surface area (Å²) in [6, 6.07) is 13.0. The Bertz CT molecular complexity index is 928. The first-order valence-corrected chi connectivity index (χ1v) is 8.44. The number of carbonyl (C=O) groups is 1. The summed E-state index contributed by atoms with van der Waals surface area (Å²) in [6.45, 7) is 0.800. The van der Waals surface area contributed by atoms with E-state index in [-0.39, 0.29) is 5.92 Å². The summed E-state index contributed by atoms with van der Waals surface area (Å²) >= 11 is 0. The normalized spacial score (nSPS) is 13.7. The number of hydrogen-bond acceptors (Lipinski definition) is 7. The molecule has 0 atom stereocenters. The second-order valence-electron chi connectivity index (χ2n) is 6.09. The summed E-state index contributed by atoms with van der Waals surface area (Å²) in [5.41, 5.74) is 0.882. The van der Waals surface area contributed by atoms with Crippen LogP contribution >= 0.6 is 0 Å². The standard InChI is InChI=1S/C19H17N5O3/c25-19(26)13-11-24(12-13)17-18(22-10-9-21-17)27-15-6-4-14(5-7-15)23-16-3-1-2-8-20-16/h1-10,13H,11-12H2,(H,20,23)(H,25,26). The molecule has 0 aliphatic carbocycles. The molecule has 136 valence electrons. The molecule has 0 spiro atoms. The van der Waals surface area contributed by atoms with Gasteiger partial charge in [0.1, 0.15) is 11.6 Å². The predicted octanol–water partition coefficient (Wildman–Crippen LogP) is 2.93. The van der Waals surface area contributed by atoms with Crippen molar-refractivity contribution in [3.63, 3.8) is 0 Å². The smallest absolute Gasteiger partial charge is 0.310 e. The van der Waals surface area contributed by atoms with Crippen molar-refractivity contribution in [2.75, 3.05) is 23.3 Å². The van der Waals surface area contributed by atoms with Crippen LogP contribution in [-0.2, 0) is 4.79 Å². The Morgan fingerprint density at radius 3 is 2.52 bits per heavy atom. The summed E-state index contributed by atoms with van der Waals surface area (Å²) in [5.74, 6) is 1.09. The molecule has 1 saturated heterocycles. The maximum absolute atomic E-state index is 11.0. The average molecular weight is 363 g/mol. The molecule has 2 aromatic heterocycles. The van der Waals surface area contributed by atoms with Gasteiger partial charge in [-0.1, -0.05) is 6.07 Å². The van der Waals surface area contributed by atoms with Crippen LogP contribution in [0.3, 0.4) is 0 Å². The molecule has 0 bridgehead atoms. The highest BCUT2D eigenvalue weighted by molar-refractivity contribution is 5.74. The number of hydrogen-bond donors (Lipinski definition) is 2. The number of anilines is 3. The van der Waals surface area contributed by atoms with Crippen LogP contribution in [0, 0.1) is 5.92 Å². The number of aliphatic carboxylic acids is 1. The molecule has 0 unspecified atom stereocenters. The van der Waals surface area contributed by atoms with Crippen molar-refractivity contribution >= 4 is 23.3 Å². The zero-order valence-corrected chi connectivity index (χ0v) is 14.3. The molecule has 1 fully saturated rings. The average Bonchev–Trinajstić information content (AvgIpc) is 2.64. The van der Waals surface area contributed by atoms with Crippen molar-refractivity contribution in [3.05, 3.63) is 61.1 Å². The van der Waals surface area contributed by atoms with E-state index in [1.54, 1.807) is 18.6 Å². The fourth-order valence-corrected chi connectivity index (χ4v) is 2.72. The van der Waals surface area contributed by atoms with E-state index in [0.29, 0.717) is 30.5 Å². The predicted molar refractivity (Wildman–Crippen MR) is 99.4 cm³/mol. The molecule has 1 aliphatic rings. The lowest BCUT2D eigenvalue weighted by Crippen LogP contribution is -2.51. The van der Waals surface area contributed by atoms with E-state index >= 15 is 0 Å². The van der Waals surface area contributed by atoms with E-state index in [2.05, 4.69) is 20.3 Å². The van der Waals surface area contributed by atoms with E-state index < -0.39 is 5.97 Å². The van der Waals surface area contributed by atoms with E-state index in [4.69, 9.17) is 9.84 Å². The summed E-state index contributed by atoms with van der Waals surface area (Å²) in [5, 5.41) is 12.2.